The largest absolute Gasteiger partial charge is 0.454 e. The topological polar surface area (TPSA) is 50.7 Å². The average Bonchev–Trinajstić information content (AvgIpc) is 2.93. The van der Waals surface area contributed by atoms with Crippen LogP contribution in [0.3, 0.4) is 0 Å². The molecule has 2 unspecified atom stereocenters. The number of aliphatic hydroxyl groups is 1. The zero-order valence-electron chi connectivity index (χ0n) is 10.8. The molecule has 0 saturated heterocycles. The highest BCUT2D eigenvalue weighted by Crippen LogP contribution is 2.34. The van der Waals surface area contributed by atoms with Crippen LogP contribution in [0.1, 0.15) is 30.9 Å². The standard InChI is InChI=1S/C15H19NO3/c17-13(9-16-12-4-2-1-3-5-12)11-6-7-14-15(8-11)19-10-18-14/h1-2,6-8,12-13,16-17H,3-5,9-10H2. The number of nitrogens with one attached hydrogen (secondary N) is 1. The highest BCUT2D eigenvalue weighted by molar-refractivity contribution is 5.45. The Morgan fingerprint density at radius 3 is 3.00 bits per heavy atom. The third-order valence-corrected chi connectivity index (χ3v) is 3.65. The second kappa shape index (κ2) is 5.63. The third-order valence-electron chi connectivity index (χ3n) is 3.65. The summed E-state index contributed by atoms with van der Waals surface area (Å²) in [6, 6.07) is 6.08. The van der Waals surface area contributed by atoms with E-state index < -0.39 is 6.10 Å². The number of aliphatic hydroxyl groups excluding tert-OH is 1. The van der Waals surface area contributed by atoms with Gasteiger partial charge in [0, 0.05) is 12.6 Å². The molecular formula is C15H19NO3. The number of rotatable bonds is 4. The van der Waals surface area contributed by atoms with E-state index in [0.29, 0.717) is 12.6 Å². The molecule has 2 aliphatic rings. The van der Waals surface area contributed by atoms with Crippen molar-refractivity contribution in [1.29, 1.82) is 0 Å². The quantitative estimate of drug-likeness (QED) is 0.815. The Hall–Kier alpha value is -1.52. The Morgan fingerprint density at radius 1 is 1.26 bits per heavy atom. The summed E-state index contributed by atoms with van der Waals surface area (Å²) >= 11 is 0. The number of allylic oxidation sites excluding steroid dienone is 1. The second-order valence-corrected chi connectivity index (χ2v) is 5.02. The lowest BCUT2D eigenvalue weighted by Crippen LogP contribution is -2.33. The van der Waals surface area contributed by atoms with Crippen molar-refractivity contribution >= 4 is 0 Å². The van der Waals surface area contributed by atoms with Crippen molar-refractivity contribution in [3.63, 3.8) is 0 Å². The van der Waals surface area contributed by atoms with Crippen molar-refractivity contribution in [2.75, 3.05) is 13.3 Å². The lowest BCUT2D eigenvalue weighted by atomic mass is 10.0. The fourth-order valence-corrected chi connectivity index (χ4v) is 2.50. The van der Waals surface area contributed by atoms with Gasteiger partial charge in [0.2, 0.25) is 6.79 Å². The van der Waals surface area contributed by atoms with Gasteiger partial charge in [0.1, 0.15) is 0 Å². The maximum Gasteiger partial charge on any atom is 0.231 e. The average molecular weight is 261 g/mol. The third kappa shape index (κ3) is 2.91. The molecule has 1 heterocycles. The second-order valence-electron chi connectivity index (χ2n) is 5.02. The van der Waals surface area contributed by atoms with E-state index in [4.69, 9.17) is 9.47 Å². The van der Waals surface area contributed by atoms with Crippen molar-refractivity contribution in [2.24, 2.45) is 0 Å². The van der Waals surface area contributed by atoms with Crippen molar-refractivity contribution in [1.82, 2.24) is 5.32 Å². The molecule has 102 valence electrons. The molecule has 1 aliphatic heterocycles. The lowest BCUT2D eigenvalue weighted by Gasteiger charge is -2.21. The first-order chi connectivity index (χ1) is 9.33. The van der Waals surface area contributed by atoms with Crippen LogP contribution in [0.15, 0.2) is 30.4 Å². The highest BCUT2D eigenvalue weighted by Gasteiger charge is 2.17. The molecule has 1 aromatic rings. The van der Waals surface area contributed by atoms with Crippen LogP contribution in [0, 0.1) is 0 Å². The Morgan fingerprint density at radius 2 is 2.16 bits per heavy atom. The van der Waals surface area contributed by atoms with E-state index in [9.17, 15) is 5.11 Å². The van der Waals surface area contributed by atoms with Crippen LogP contribution >= 0.6 is 0 Å². The van der Waals surface area contributed by atoms with Gasteiger partial charge >= 0.3 is 0 Å². The Labute approximate surface area is 113 Å². The minimum atomic E-state index is -0.514. The van der Waals surface area contributed by atoms with E-state index in [-0.39, 0.29) is 6.79 Å². The lowest BCUT2D eigenvalue weighted by molar-refractivity contribution is 0.166. The first-order valence-electron chi connectivity index (χ1n) is 6.79. The molecule has 2 atom stereocenters. The highest BCUT2D eigenvalue weighted by atomic mass is 16.7. The Kier molecular flexibility index (Phi) is 3.71. The molecule has 4 nitrogen and oxygen atoms in total. The summed E-state index contributed by atoms with van der Waals surface area (Å²) in [4.78, 5) is 0. The first kappa shape index (κ1) is 12.5. The monoisotopic (exact) mass is 261 g/mol. The molecule has 0 fully saturated rings. The van der Waals surface area contributed by atoms with E-state index in [1.54, 1.807) is 0 Å². The molecule has 1 aliphatic carbocycles. The molecule has 19 heavy (non-hydrogen) atoms. The van der Waals surface area contributed by atoms with Crippen LogP contribution in [0.5, 0.6) is 11.5 Å². The van der Waals surface area contributed by atoms with Crippen molar-refractivity contribution < 1.29 is 14.6 Å². The maximum absolute atomic E-state index is 10.2. The fourth-order valence-electron chi connectivity index (χ4n) is 2.50. The summed E-state index contributed by atoms with van der Waals surface area (Å²) in [5.41, 5.74) is 0.864. The maximum atomic E-state index is 10.2. The van der Waals surface area contributed by atoms with Crippen LogP contribution in [-0.4, -0.2) is 24.5 Å². The van der Waals surface area contributed by atoms with Gasteiger partial charge in [-0.05, 0) is 37.0 Å². The number of hydrogen-bond donors (Lipinski definition) is 2. The molecule has 0 bridgehead atoms. The zero-order chi connectivity index (χ0) is 13.1. The van der Waals surface area contributed by atoms with Gasteiger partial charge < -0.3 is 19.9 Å². The van der Waals surface area contributed by atoms with E-state index in [1.165, 1.54) is 0 Å². The van der Waals surface area contributed by atoms with Gasteiger partial charge in [-0.3, -0.25) is 0 Å². The molecule has 0 saturated carbocycles. The number of fused-ring (bicyclic) bond motifs is 1. The van der Waals surface area contributed by atoms with Crippen molar-refractivity contribution in [3.05, 3.63) is 35.9 Å². The van der Waals surface area contributed by atoms with Gasteiger partial charge in [0.05, 0.1) is 6.10 Å². The predicted octanol–water partition coefficient (Wildman–Crippen LogP) is 2.15. The first-order valence-corrected chi connectivity index (χ1v) is 6.79. The molecule has 0 spiro atoms. The van der Waals surface area contributed by atoms with Crippen LogP contribution in [0.25, 0.3) is 0 Å². The van der Waals surface area contributed by atoms with Crippen LogP contribution in [0.2, 0.25) is 0 Å². The summed E-state index contributed by atoms with van der Waals surface area (Å²) < 4.78 is 10.6. The molecule has 3 rings (SSSR count). The normalized spacial score (nSPS) is 22.5. The van der Waals surface area contributed by atoms with Crippen molar-refractivity contribution in [2.45, 2.75) is 31.4 Å². The Balaban J connectivity index is 1.57. The Bertz CT molecular complexity index is 472. The van der Waals surface area contributed by atoms with E-state index >= 15 is 0 Å². The fraction of sp³-hybridized carbons (Fsp3) is 0.467. The molecule has 0 aromatic heterocycles. The van der Waals surface area contributed by atoms with Crippen LogP contribution in [-0.2, 0) is 0 Å². The number of hydrogen-bond acceptors (Lipinski definition) is 4. The van der Waals surface area contributed by atoms with Gasteiger partial charge in [-0.1, -0.05) is 18.2 Å². The van der Waals surface area contributed by atoms with Gasteiger partial charge in [-0.2, -0.15) is 0 Å². The van der Waals surface area contributed by atoms with Gasteiger partial charge in [-0.15, -0.1) is 0 Å². The number of ether oxygens (including phenoxy) is 2. The van der Waals surface area contributed by atoms with E-state index in [0.717, 1.165) is 36.3 Å². The van der Waals surface area contributed by atoms with Gasteiger partial charge in [0.25, 0.3) is 0 Å². The SMILES string of the molecule is OC(CNC1CC=CCC1)c1ccc2c(c1)OCO2. The molecule has 2 N–H and O–H groups in total. The summed E-state index contributed by atoms with van der Waals surface area (Å²) in [7, 11) is 0. The van der Waals surface area contributed by atoms with Gasteiger partial charge in [-0.25, -0.2) is 0 Å². The molecular weight excluding hydrogens is 242 g/mol. The van der Waals surface area contributed by atoms with Gasteiger partial charge in [0.15, 0.2) is 11.5 Å². The minimum Gasteiger partial charge on any atom is -0.454 e. The zero-order valence-corrected chi connectivity index (χ0v) is 10.8. The predicted molar refractivity (Wildman–Crippen MR) is 72.3 cm³/mol. The summed E-state index contributed by atoms with van der Waals surface area (Å²) in [6.45, 7) is 0.833. The van der Waals surface area contributed by atoms with Crippen LogP contribution in [0.4, 0.5) is 0 Å². The number of benzene rings is 1. The molecule has 1 aromatic carbocycles. The summed E-state index contributed by atoms with van der Waals surface area (Å²) in [5, 5.41) is 13.6. The van der Waals surface area contributed by atoms with Crippen molar-refractivity contribution in [3.8, 4) is 11.5 Å². The van der Waals surface area contributed by atoms with Crippen LogP contribution < -0.4 is 14.8 Å². The minimum absolute atomic E-state index is 0.265. The molecule has 0 amide bonds. The van der Waals surface area contributed by atoms with E-state index in [2.05, 4.69) is 17.5 Å². The summed E-state index contributed by atoms with van der Waals surface area (Å²) in [5.74, 6) is 1.47. The summed E-state index contributed by atoms with van der Waals surface area (Å²) in [6.07, 6.45) is 7.22. The van der Waals surface area contributed by atoms with E-state index in [1.807, 2.05) is 18.2 Å². The molecule has 4 heteroatoms. The smallest absolute Gasteiger partial charge is 0.231 e. The molecule has 0 radical (unpaired) electrons.